The lowest BCUT2D eigenvalue weighted by Gasteiger charge is -2.15. The number of nitrogens with zero attached hydrogens (tertiary/aromatic N) is 3. The highest BCUT2D eigenvalue weighted by Gasteiger charge is 2.16. The van der Waals surface area contributed by atoms with E-state index >= 15 is 0 Å². The Bertz CT molecular complexity index is 1130. The second kappa shape index (κ2) is 6.41. The van der Waals surface area contributed by atoms with Crippen LogP contribution in [0.15, 0.2) is 53.6 Å². The number of nitrogens with one attached hydrogen (secondary N) is 1. The fraction of sp³-hybridized carbons (Fsp3) is 0.286. The van der Waals surface area contributed by atoms with Crippen molar-refractivity contribution in [2.75, 3.05) is 0 Å². The van der Waals surface area contributed by atoms with Gasteiger partial charge in [-0.3, -0.25) is 14.5 Å². The van der Waals surface area contributed by atoms with E-state index in [1.54, 1.807) is 12.4 Å². The largest absolute Gasteiger partial charge is 0.326 e. The summed E-state index contributed by atoms with van der Waals surface area (Å²) in [6.07, 6.45) is 3.42. The Balaban J connectivity index is 1.79. The molecule has 0 bridgehead atoms. The lowest BCUT2D eigenvalue weighted by molar-refractivity contribution is 0.598. The smallest absolute Gasteiger partial charge is 0.305 e. The second-order valence-corrected chi connectivity index (χ2v) is 7.11. The monoisotopic (exact) mass is 346 g/mol. The van der Waals surface area contributed by atoms with E-state index in [2.05, 4.69) is 47.9 Å². The van der Waals surface area contributed by atoms with Gasteiger partial charge in [-0.05, 0) is 29.2 Å². The first-order valence-corrected chi connectivity index (χ1v) is 8.97. The van der Waals surface area contributed by atoms with E-state index in [1.165, 1.54) is 5.56 Å². The van der Waals surface area contributed by atoms with Crippen molar-refractivity contribution in [2.24, 2.45) is 0 Å². The van der Waals surface area contributed by atoms with E-state index in [0.29, 0.717) is 12.5 Å². The Labute approximate surface area is 151 Å². The van der Waals surface area contributed by atoms with Gasteiger partial charge in [0, 0.05) is 24.9 Å². The van der Waals surface area contributed by atoms with Crippen LogP contribution in [0.3, 0.4) is 0 Å². The molecule has 0 spiro atoms. The fourth-order valence-corrected chi connectivity index (χ4v) is 3.65. The van der Waals surface area contributed by atoms with Crippen molar-refractivity contribution in [3.05, 3.63) is 70.4 Å². The molecule has 1 unspecified atom stereocenters. The zero-order chi connectivity index (χ0) is 18.3. The zero-order valence-corrected chi connectivity index (χ0v) is 15.2. The highest BCUT2D eigenvalue weighted by Crippen LogP contribution is 2.27. The van der Waals surface area contributed by atoms with E-state index in [-0.39, 0.29) is 11.6 Å². The molecule has 26 heavy (non-hydrogen) atoms. The van der Waals surface area contributed by atoms with E-state index in [1.807, 2.05) is 28.8 Å². The topological polar surface area (TPSA) is 63.6 Å². The quantitative estimate of drug-likeness (QED) is 0.602. The van der Waals surface area contributed by atoms with Crippen molar-refractivity contribution in [2.45, 2.75) is 39.2 Å². The van der Waals surface area contributed by atoms with Gasteiger partial charge < -0.3 is 4.98 Å². The van der Waals surface area contributed by atoms with Gasteiger partial charge in [-0.25, -0.2) is 4.79 Å². The van der Waals surface area contributed by atoms with Crippen molar-refractivity contribution < 1.29 is 0 Å². The fourth-order valence-electron chi connectivity index (χ4n) is 3.65. The van der Waals surface area contributed by atoms with Crippen LogP contribution in [-0.4, -0.2) is 19.5 Å². The number of benzene rings is 2. The maximum Gasteiger partial charge on any atom is 0.326 e. The highest BCUT2D eigenvalue weighted by atomic mass is 16.1. The number of hydrogen-bond acceptors (Lipinski definition) is 3. The summed E-state index contributed by atoms with van der Waals surface area (Å²) in [5, 5.41) is 0. The molecule has 1 N–H and O–H groups in total. The van der Waals surface area contributed by atoms with Gasteiger partial charge in [0.25, 0.3) is 0 Å². The number of hydrogen-bond donors (Lipinski definition) is 1. The molecule has 0 fully saturated rings. The lowest BCUT2D eigenvalue weighted by Crippen LogP contribution is -2.20. The van der Waals surface area contributed by atoms with Gasteiger partial charge in [0.05, 0.1) is 22.1 Å². The predicted molar refractivity (Wildman–Crippen MR) is 105 cm³/mol. The van der Waals surface area contributed by atoms with Crippen molar-refractivity contribution in [3.8, 4) is 0 Å². The van der Waals surface area contributed by atoms with Crippen LogP contribution in [0, 0.1) is 0 Å². The Hall–Kier alpha value is -2.95. The molecule has 0 saturated heterocycles. The summed E-state index contributed by atoms with van der Waals surface area (Å²) < 4.78 is 1.83. The maximum atomic E-state index is 12.6. The molecular formula is C21H22N4O. The van der Waals surface area contributed by atoms with Gasteiger partial charge >= 0.3 is 5.69 Å². The van der Waals surface area contributed by atoms with Crippen molar-refractivity contribution >= 4 is 22.1 Å². The van der Waals surface area contributed by atoms with Gasteiger partial charge in [-0.2, -0.15) is 0 Å². The number of aromatic amines is 1. The normalized spacial score (nSPS) is 12.9. The van der Waals surface area contributed by atoms with Crippen LogP contribution in [0.4, 0.5) is 0 Å². The van der Waals surface area contributed by atoms with E-state index < -0.39 is 0 Å². The van der Waals surface area contributed by atoms with E-state index in [0.717, 1.165) is 27.6 Å². The molecule has 2 aromatic heterocycles. The molecule has 4 rings (SSSR count). The Kier molecular flexibility index (Phi) is 4.07. The van der Waals surface area contributed by atoms with Crippen molar-refractivity contribution in [3.63, 3.8) is 0 Å². The number of rotatable bonds is 4. The summed E-state index contributed by atoms with van der Waals surface area (Å²) in [5.41, 5.74) is 5.89. The zero-order valence-electron chi connectivity index (χ0n) is 15.2. The molecule has 2 aromatic carbocycles. The number of aromatic nitrogens is 4. The molecule has 0 amide bonds. The molecule has 4 aromatic rings. The summed E-state index contributed by atoms with van der Waals surface area (Å²) in [6, 6.07) is 12.1. The Morgan fingerprint density at radius 1 is 1.00 bits per heavy atom. The highest BCUT2D eigenvalue weighted by molar-refractivity contribution is 5.80. The average molecular weight is 346 g/mol. The Morgan fingerprint density at radius 2 is 1.73 bits per heavy atom. The van der Waals surface area contributed by atoms with E-state index in [4.69, 9.17) is 0 Å². The maximum absolute atomic E-state index is 12.6. The van der Waals surface area contributed by atoms with Crippen LogP contribution < -0.4 is 5.69 Å². The second-order valence-electron chi connectivity index (χ2n) is 7.11. The van der Waals surface area contributed by atoms with Crippen LogP contribution in [0.5, 0.6) is 0 Å². The van der Waals surface area contributed by atoms with Gasteiger partial charge in [-0.1, -0.05) is 45.0 Å². The number of para-hydroxylation sites is 2. The van der Waals surface area contributed by atoms with Crippen LogP contribution in [0.2, 0.25) is 0 Å². The minimum absolute atomic E-state index is 0.0636. The first-order chi connectivity index (χ1) is 12.6. The molecular weight excluding hydrogens is 324 g/mol. The number of imidazole rings is 1. The molecule has 0 aliphatic heterocycles. The summed E-state index contributed by atoms with van der Waals surface area (Å²) in [6.45, 7) is 7.00. The van der Waals surface area contributed by atoms with Crippen LogP contribution in [0.25, 0.3) is 22.1 Å². The van der Waals surface area contributed by atoms with Crippen LogP contribution in [0.1, 0.15) is 43.7 Å². The van der Waals surface area contributed by atoms with Crippen LogP contribution >= 0.6 is 0 Å². The number of fused-ring (bicyclic) bond motifs is 2. The average Bonchev–Trinajstić information content (AvgIpc) is 2.96. The van der Waals surface area contributed by atoms with Gasteiger partial charge in [-0.15, -0.1) is 0 Å². The number of H-pyrrole nitrogens is 1. The molecule has 2 heterocycles. The predicted octanol–water partition coefficient (Wildman–Crippen LogP) is 4.20. The summed E-state index contributed by atoms with van der Waals surface area (Å²) >= 11 is 0. The third-order valence-electron chi connectivity index (χ3n) is 4.98. The summed E-state index contributed by atoms with van der Waals surface area (Å²) in [7, 11) is 0. The molecule has 1 atom stereocenters. The van der Waals surface area contributed by atoms with Gasteiger partial charge in [0.2, 0.25) is 0 Å². The first kappa shape index (κ1) is 16.5. The standard InChI is InChI=1S/C21H22N4O/c1-13(2)15-6-5-9-18-20(15)24-21(26)25(18)12-14(3)16-7-4-8-17-19(16)23-11-10-22-17/h4-11,13-14H,12H2,1-3H3,(H,24,26). The molecule has 0 radical (unpaired) electrons. The molecule has 5 heteroatoms. The molecule has 0 saturated carbocycles. The van der Waals surface area contributed by atoms with E-state index in [9.17, 15) is 4.79 Å². The third kappa shape index (κ3) is 2.69. The van der Waals surface area contributed by atoms with Crippen molar-refractivity contribution in [1.82, 2.24) is 19.5 Å². The minimum atomic E-state index is -0.0636. The van der Waals surface area contributed by atoms with Crippen molar-refractivity contribution in [1.29, 1.82) is 0 Å². The molecule has 5 nitrogen and oxygen atoms in total. The molecule has 0 aliphatic rings. The summed E-state index contributed by atoms with van der Waals surface area (Å²) in [4.78, 5) is 24.6. The van der Waals surface area contributed by atoms with Gasteiger partial charge in [0.1, 0.15) is 0 Å². The van der Waals surface area contributed by atoms with Crippen LogP contribution in [-0.2, 0) is 6.54 Å². The molecule has 132 valence electrons. The molecule has 0 aliphatic carbocycles. The first-order valence-electron chi connectivity index (χ1n) is 8.97. The van der Waals surface area contributed by atoms with Gasteiger partial charge in [0.15, 0.2) is 0 Å². The third-order valence-corrected chi connectivity index (χ3v) is 4.98. The summed E-state index contributed by atoms with van der Waals surface area (Å²) in [5.74, 6) is 0.491. The minimum Gasteiger partial charge on any atom is -0.305 e. The SMILES string of the molecule is CC(C)c1cccc2c1[nH]c(=O)n2CC(C)c1cccc2nccnc12. The Morgan fingerprint density at radius 3 is 2.54 bits per heavy atom. The lowest BCUT2D eigenvalue weighted by atomic mass is 9.99.